The fraction of sp³-hybridized carbons (Fsp3) is 0.717. The Labute approximate surface area is 362 Å². The van der Waals surface area contributed by atoms with E-state index in [1.54, 1.807) is 30.3 Å². The van der Waals surface area contributed by atoms with Crippen molar-refractivity contribution in [3.8, 4) is 0 Å². The minimum Gasteiger partial charge on any atom is -0.414 e. The number of rotatable bonds is 21. The van der Waals surface area contributed by atoms with Crippen LogP contribution in [0, 0.1) is 17.7 Å². The molecule has 0 spiro atoms. The van der Waals surface area contributed by atoms with Gasteiger partial charge in [-0.25, -0.2) is 17.5 Å². The zero-order valence-corrected chi connectivity index (χ0v) is 43.2. The molecule has 1 fully saturated rings. The molecule has 1 saturated carbocycles. The molecule has 1 aliphatic rings. The van der Waals surface area contributed by atoms with E-state index in [4.69, 9.17) is 13.3 Å². The topological polar surface area (TPSA) is 103 Å². The van der Waals surface area contributed by atoms with Crippen LogP contribution in [0.25, 0.3) is 0 Å². The van der Waals surface area contributed by atoms with Crippen LogP contribution in [-0.2, 0) is 28.1 Å². The van der Waals surface area contributed by atoms with Gasteiger partial charge in [0.25, 0.3) is 10.0 Å². The summed E-state index contributed by atoms with van der Waals surface area (Å²) >= 11 is 0. The van der Waals surface area contributed by atoms with Crippen molar-refractivity contribution in [3.05, 3.63) is 60.4 Å². The minimum absolute atomic E-state index is 0.0199. The zero-order valence-electron chi connectivity index (χ0n) is 39.4. The van der Waals surface area contributed by atoms with Crippen LogP contribution in [-0.4, -0.2) is 64.1 Å². The summed E-state index contributed by atoms with van der Waals surface area (Å²) in [5.74, 6) is -0.198. The Bertz CT molecular complexity index is 1740. The van der Waals surface area contributed by atoms with Crippen LogP contribution in [0.4, 0.5) is 10.1 Å². The Morgan fingerprint density at radius 3 is 1.73 bits per heavy atom. The lowest BCUT2D eigenvalue weighted by Crippen LogP contribution is -2.46. The van der Waals surface area contributed by atoms with Gasteiger partial charge < -0.3 is 18.6 Å². The Hall–Kier alpha value is -1.88. The van der Waals surface area contributed by atoms with E-state index >= 15 is 0 Å². The monoisotopic (exact) mass is 893 g/mol. The summed E-state index contributed by atoms with van der Waals surface area (Å²) in [6.07, 6.45) is 7.12. The van der Waals surface area contributed by atoms with Gasteiger partial charge >= 0.3 is 0 Å². The summed E-state index contributed by atoms with van der Waals surface area (Å²) in [6.45, 7) is 35.1. The molecule has 8 nitrogen and oxygen atoms in total. The summed E-state index contributed by atoms with van der Waals surface area (Å²) in [7, 11) is -10.3. The average molecular weight is 893 g/mol. The molecule has 0 saturated heterocycles. The van der Waals surface area contributed by atoms with E-state index in [-0.39, 0.29) is 62.4 Å². The van der Waals surface area contributed by atoms with Crippen LogP contribution in [0.3, 0.4) is 0 Å². The van der Waals surface area contributed by atoms with Gasteiger partial charge in [-0.1, -0.05) is 112 Å². The first-order valence-electron chi connectivity index (χ1n) is 22.1. The van der Waals surface area contributed by atoms with E-state index in [0.717, 1.165) is 44.9 Å². The quantitative estimate of drug-likeness (QED) is 0.0950. The molecule has 2 N–H and O–H groups in total. The Morgan fingerprint density at radius 2 is 1.20 bits per heavy atom. The predicted octanol–water partition coefficient (Wildman–Crippen LogP) is 12.7. The van der Waals surface area contributed by atoms with Gasteiger partial charge in [0.2, 0.25) is 5.91 Å². The second-order valence-corrected chi connectivity index (χ2v) is 37.6. The maximum atomic E-state index is 14.8. The highest BCUT2D eigenvalue weighted by Crippen LogP contribution is 2.49. The van der Waals surface area contributed by atoms with Crippen molar-refractivity contribution >= 4 is 46.6 Å². The first-order valence-corrected chi connectivity index (χ1v) is 32.3. The highest BCUT2D eigenvalue weighted by molar-refractivity contribution is 7.90. The average Bonchev–Trinajstić information content (AvgIpc) is 3.40. The maximum Gasteiger partial charge on any atom is 0.264 e. The molecule has 59 heavy (non-hydrogen) atoms. The molecular formula is C46H81FN2O6SSi3. The Kier molecular flexibility index (Phi) is 17.9. The van der Waals surface area contributed by atoms with Gasteiger partial charge in [-0.3, -0.25) is 4.79 Å². The molecule has 0 aromatic heterocycles. The number of unbranched alkanes of at least 4 members (excludes halogenated alkanes) is 3. The number of hydrogen-bond donors (Lipinski definition) is 2. The summed E-state index contributed by atoms with van der Waals surface area (Å²) in [6, 6.07) is 14.9. The molecule has 5 atom stereocenters. The molecule has 0 aliphatic heterocycles. The van der Waals surface area contributed by atoms with Gasteiger partial charge in [0.1, 0.15) is 5.82 Å². The molecule has 13 heteroatoms. The van der Waals surface area contributed by atoms with Crippen molar-refractivity contribution in [1.29, 1.82) is 0 Å². The molecule has 2 aromatic carbocycles. The fourth-order valence-electron chi connectivity index (χ4n) is 7.19. The molecular weight excluding hydrogens is 812 g/mol. The van der Waals surface area contributed by atoms with E-state index < -0.39 is 40.9 Å². The van der Waals surface area contributed by atoms with E-state index in [1.807, 2.05) is 6.07 Å². The lowest BCUT2D eigenvalue weighted by Gasteiger charge is -2.41. The lowest BCUT2D eigenvalue weighted by molar-refractivity contribution is -0.119. The fourth-order valence-corrected chi connectivity index (χ4v) is 12.4. The number of carbonyl (C=O) groups excluding carboxylic acids is 1. The van der Waals surface area contributed by atoms with Gasteiger partial charge in [-0.2, -0.15) is 0 Å². The van der Waals surface area contributed by atoms with Gasteiger partial charge in [0, 0.05) is 13.0 Å². The molecule has 2 aromatic rings. The van der Waals surface area contributed by atoms with Gasteiger partial charge in [0.15, 0.2) is 25.0 Å². The van der Waals surface area contributed by atoms with Gasteiger partial charge in [-0.15, -0.1) is 0 Å². The number of sulfonamides is 1. The second kappa shape index (κ2) is 20.5. The highest BCUT2D eigenvalue weighted by Gasteiger charge is 2.51. The Morgan fingerprint density at radius 1 is 0.712 bits per heavy atom. The molecule has 0 radical (unpaired) electrons. The predicted molar refractivity (Wildman–Crippen MR) is 251 cm³/mol. The standard InChI is InChI=1S/C46H81FN2O6SSi3/c1-44(2,3)57(10,11)53-35(34-48-40-29-24-23-28-39(40)47)31-32-38-37(27-21-16-17-22-30-43(50)49-56(51,52)36-25-19-18-20-26-36)41(54-58(12,13)45(4,5)6)33-42(38)55-59(14,15)46(7,8)9/h18-20,23-26,28-29,35,37-38,41-42,48H,16-17,21-22,27,30-34H2,1-15H3,(H,49,50)/t35?,37-,38-,41+,42-/m1/s1. The van der Waals surface area contributed by atoms with Crippen LogP contribution in [0.1, 0.15) is 120 Å². The van der Waals surface area contributed by atoms with E-state index in [2.05, 4.69) is 112 Å². The third-order valence-corrected chi connectivity index (χ3v) is 28.9. The third-order valence-electron chi connectivity index (χ3n) is 14.0. The number of amides is 1. The van der Waals surface area contributed by atoms with E-state index in [1.165, 1.54) is 18.2 Å². The molecule has 3 rings (SSSR count). The molecule has 1 unspecified atom stereocenters. The maximum absolute atomic E-state index is 14.8. The number of halogens is 1. The lowest BCUT2D eigenvalue weighted by atomic mass is 9.85. The number of para-hydroxylation sites is 1. The summed E-state index contributed by atoms with van der Waals surface area (Å²) < 4.78 is 64.3. The van der Waals surface area contributed by atoms with Crippen molar-refractivity contribution in [1.82, 2.24) is 4.72 Å². The molecule has 336 valence electrons. The van der Waals surface area contributed by atoms with Crippen molar-refractivity contribution in [3.63, 3.8) is 0 Å². The first kappa shape index (κ1) is 51.5. The van der Waals surface area contributed by atoms with Crippen molar-refractivity contribution in [2.75, 3.05) is 11.9 Å². The normalized spacial score (nSPS) is 20.4. The Balaban J connectivity index is 1.86. The van der Waals surface area contributed by atoms with Crippen molar-refractivity contribution in [2.45, 2.75) is 198 Å². The number of hydrogen-bond acceptors (Lipinski definition) is 7. The number of benzene rings is 2. The molecule has 1 amide bonds. The number of carbonyl (C=O) groups is 1. The van der Waals surface area contributed by atoms with Crippen LogP contribution in [0.15, 0.2) is 59.5 Å². The van der Waals surface area contributed by atoms with Gasteiger partial charge in [0.05, 0.1) is 28.9 Å². The largest absolute Gasteiger partial charge is 0.414 e. The second-order valence-electron chi connectivity index (χ2n) is 21.6. The number of nitrogens with one attached hydrogen (secondary N) is 2. The summed E-state index contributed by atoms with van der Waals surface area (Å²) in [5, 5.41) is 3.53. The summed E-state index contributed by atoms with van der Waals surface area (Å²) in [5.41, 5.74) is 0.493. The van der Waals surface area contributed by atoms with E-state index in [0.29, 0.717) is 18.7 Å². The van der Waals surface area contributed by atoms with Crippen LogP contribution < -0.4 is 10.0 Å². The minimum atomic E-state index is -3.88. The van der Waals surface area contributed by atoms with Crippen LogP contribution >= 0.6 is 0 Å². The van der Waals surface area contributed by atoms with Crippen molar-refractivity contribution in [2.24, 2.45) is 11.8 Å². The van der Waals surface area contributed by atoms with Crippen LogP contribution in [0.2, 0.25) is 54.4 Å². The SMILES string of the molecule is CC(C)(C)[Si](C)(C)OC(CC[C@@H]1[C@@H](CCCCCCC(=O)NS(=O)(=O)c2ccccc2)[C@@H](O[Si](C)(C)C(C)(C)C)C[C@H]1O[Si](C)(C)C(C)(C)C)CNc1ccccc1F. The smallest absolute Gasteiger partial charge is 0.264 e. The molecule has 0 heterocycles. The van der Waals surface area contributed by atoms with E-state index in [9.17, 15) is 17.6 Å². The van der Waals surface area contributed by atoms with Gasteiger partial charge in [-0.05, 0) is 123 Å². The van der Waals surface area contributed by atoms with Crippen molar-refractivity contribution < 1.29 is 30.9 Å². The third kappa shape index (κ3) is 14.9. The highest BCUT2D eigenvalue weighted by atomic mass is 32.2. The first-order chi connectivity index (χ1) is 27.0. The zero-order chi connectivity index (χ0) is 44.7. The molecule has 0 bridgehead atoms. The molecule has 1 aliphatic carbocycles. The summed E-state index contributed by atoms with van der Waals surface area (Å²) in [4.78, 5) is 12.7. The van der Waals surface area contributed by atoms with Crippen LogP contribution in [0.5, 0.6) is 0 Å². The number of anilines is 1.